The number of nitrogens with zero attached hydrogens (tertiary/aromatic N) is 4. The Kier molecular flexibility index (Phi) is 6.24. The van der Waals surface area contributed by atoms with Crippen LogP contribution in [0.1, 0.15) is 46.6 Å². The predicted octanol–water partition coefficient (Wildman–Crippen LogP) is 1.73. The first-order valence-corrected chi connectivity index (χ1v) is 9.66. The Bertz CT molecular complexity index is 980. The number of likely N-dealkylation sites (tertiary alicyclic amines) is 1. The van der Waals surface area contributed by atoms with Gasteiger partial charge in [-0.15, -0.1) is 0 Å². The molecule has 1 aliphatic heterocycles. The minimum atomic E-state index is -0.433. The van der Waals surface area contributed by atoms with E-state index in [2.05, 4.69) is 10.4 Å². The van der Waals surface area contributed by atoms with Gasteiger partial charge in [-0.1, -0.05) is 12.1 Å². The molecule has 0 bridgehead atoms. The van der Waals surface area contributed by atoms with Crippen molar-refractivity contribution in [1.29, 1.82) is 0 Å². The lowest BCUT2D eigenvalue weighted by Gasteiger charge is -2.13. The number of rotatable bonds is 8. The van der Waals surface area contributed by atoms with Crippen molar-refractivity contribution in [3.8, 4) is 0 Å². The lowest BCUT2D eigenvalue weighted by molar-refractivity contribution is -0.386. The molecule has 10 nitrogen and oxygen atoms in total. The number of hydrogen-bond donors (Lipinski definition) is 1. The van der Waals surface area contributed by atoms with Crippen LogP contribution in [0.25, 0.3) is 0 Å². The molecule has 0 radical (unpaired) electrons. The Labute approximate surface area is 173 Å². The molecule has 0 atom stereocenters. The largest absolute Gasteiger partial charge is 0.352 e. The molecule has 0 spiro atoms. The zero-order chi connectivity index (χ0) is 21.8. The molecule has 10 heteroatoms. The molecular weight excluding hydrogens is 390 g/mol. The maximum atomic E-state index is 12.3. The summed E-state index contributed by atoms with van der Waals surface area (Å²) in [7, 11) is 0. The van der Waals surface area contributed by atoms with Gasteiger partial charge in [0, 0.05) is 31.5 Å². The van der Waals surface area contributed by atoms with Crippen molar-refractivity contribution in [2.45, 2.75) is 39.7 Å². The SMILES string of the molecule is Cc1nn(Cc2ccc(C(=O)NCCCN3C(=O)CCC3=O)cc2)c(C)c1[N+](=O)[O-]. The van der Waals surface area contributed by atoms with Crippen molar-refractivity contribution in [3.63, 3.8) is 0 Å². The van der Waals surface area contributed by atoms with Crippen molar-refractivity contribution >= 4 is 23.4 Å². The number of carbonyl (C=O) groups excluding carboxylic acids is 3. The maximum absolute atomic E-state index is 12.3. The van der Waals surface area contributed by atoms with E-state index in [0.29, 0.717) is 43.0 Å². The van der Waals surface area contributed by atoms with Crippen molar-refractivity contribution in [3.05, 3.63) is 56.9 Å². The van der Waals surface area contributed by atoms with Crippen LogP contribution in [0.2, 0.25) is 0 Å². The predicted molar refractivity (Wildman–Crippen MR) is 107 cm³/mol. The molecule has 0 unspecified atom stereocenters. The van der Waals surface area contributed by atoms with Crippen molar-refractivity contribution in [1.82, 2.24) is 20.0 Å². The summed E-state index contributed by atoms with van der Waals surface area (Å²) in [6.45, 7) is 4.28. The number of amides is 3. The number of carbonyl (C=O) groups is 3. The number of aromatic nitrogens is 2. The van der Waals surface area contributed by atoms with Gasteiger partial charge in [0.05, 0.1) is 11.5 Å². The standard InChI is InChI=1S/C20H23N5O5/c1-13-19(25(29)30)14(2)24(22-13)12-15-4-6-16(7-5-15)20(28)21-10-3-11-23-17(26)8-9-18(23)27/h4-7H,3,8-12H2,1-2H3,(H,21,28). The molecule has 3 rings (SSSR count). The Morgan fingerprint density at radius 1 is 1.17 bits per heavy atom. The summed E-state index contributed by atoms with van der Waals surface area (Å²) in [4.78, 5) is 47.3. The third-order valence-corrected chi connectivity index (χ3v) is 5.07. The van der Waals surface area contributed by atoms with E-state index in [0.717, 1.165) is 5.56 Å². The topological polar surface area (TPSA) is 127 Å². The van der Waals surface area contributed by atoms with Gasteiger partial charge >= 0.3 is 5.69 Å². The van der Waals surface area contributed by atoms with E-state index in [-0.39, 0.29) is 36.3 Å². The number of aryl methyl sites for hydroxylation is 1. The Morgan fingerprint density at radius 3 is 2.37 bits per heavy atom. The molecular formula is C20H23N5O5. The average molecular weight is 413 g/mol. The Balaban J connectivity index is 1.52. The fourth-order valence-corrected chi connectivity index (χ4v) is 3.45. The van der Waals surface area contributed by atoms with Gasteiger partial charge < -0.3 is 5.32 Å². The number of imide groups is 1. The molecule has 0 saturated carbocycles. The summed E-state index contributed by atoms with van der Waals surface area (Å²) in [5.74, 6) is -0.563. The van der Waals surface area contributed by atoms with Crippen LogP contribution in [0.3, 0.4) is 0 Å². The Hall–Kier alpha value is -3.56. The highest BCUT2D eigenvalue weighted by Gasteiger charge is 2.28. The monoisotopic (exact) mass is 413 g/mol. The summed E-state index contributed by atoms with van der Waals surface area (Å²) in [6, 6.07) is 6.91. The maximum Gasteiger partial charge on any atom is 0.312 e. The van der Waals surface area contributed by atoms with Gasteiger partial charge in [-0.3, -0.25) is 34.1 Å². The highest BCUT2D eigenvalue weighted by atomic mass is 16.6. The third-order valence-electron chi connectivity index (χ3n) is 5.07. The summed E-state index contributed by atoms with van der Waals surface area (Å²) < 4.78 is 1.57. The van der Waals surface area contributed by atoms with Gasteiger partial charge in [-0.2, -0.15) is 5.10 Å². The van der Waals surface area contributed by atoms with E-state index in [4.69, 9.17) is 0 Å². The van der Waals surface area contributed by atoms with E-state index in [9.17, 15) is 24.5 Å². The zero-order valence-electron chi connectivity index (χ0n) is 16.9. The van der Waals surface area contributed by atoms with E-state index in [1.54, 1.807) is 42.8 Å². The number of hydrogen-bond acceptors (Lipinski definition) is 6. The number of benzene rings is 1. The van der Waals surface area contributed by atoms with Crippen LogP contribution in [0.4, 0.5) is 5.69 Å². The Morgan fingerprint density at radius 2 is 1.80 bits per heavy atom. The molecule has 158 valence electrons. The molecule has 1 aromatic heterocycles. The van der Waals surface area contributed by atoms with Gasteiger partial charge in [-0.25, -0.2) is 0 Å². The molecule has 0 aliphatic carbocycles. The molecule has 2 aromatic rings. The van der Waals surface area contributed by atoms with E-state index < -0.39 is 4.92 Å². The van der Waals surface area contributed by atoms with Gasteiger partial charge in [0.1, 0.15) is 11.4 Å². The molecule has 2 heterocycles. The second-order valence-corrected chi connectivity index (χ2v) is 7.18. The quantitative estimate of drug-likeness (QED) is 0.304. The first kappa shape index (κ1) is 21.2. The molecule has 1 aliphatic rings. The summed E-state index contributed by atoms with van der Waals surface area (Å²) >= 11 is 0. The van der Waals surface area contributed by atoms with Crippen LogP contribution in [-0.2, 0) is 16.1 Å². The molecule has 30 heavy (non-hydrogen) atoms. The van der Waals surface area contributed by atoms with Gasteiger partial charge in [0.15, 0.2) is 0 Å². The second kappa shape index (κ2) is 8.85. The lowest BCUT2D eigenvalue weighted by atomic mass is 10.1. The first-order chi connectivity index (χ1) is 14.3. The molecule has 1 N–H and O–H groups in total. The van der Waals surface area contributed by atoms with Crippen LogP contribution in [0, 0.1) is 24.0 Å². The smallest absolute Gasteiger partial charge is 0.312 e. The molecule has 1 aromatic carbocycles. The first-order valence-electron chi connectivity index (χ1n) is 9.66. The summed E-state index contributed by atoms with van der Waals surface area (Å²) in [5.41, 5.74) is 2.20. The summed E-state index contributed by atoms with van der Waals surface area (Å²) in [6.07, 6.45) is 1.03. The van der Waals surface area contributed by atoms with Crippen LogP contribution in [0.5, 0.6) is 0 Å². The van der Waals surface area contributed by atoms with Crippen LogP contribution >= 0.6 is 0 Å². The van der Waals surface area contributed by atoms with E-state index >= 15 is 0 Å². The normalized spacial score (nSPS) is 13.7. The van der Waals surface area contributed by atoms with Crippen molar-refractivity contribution < 1.29 is 19.3 Å². The highest BCUT2D eigenvalue weighted by molar-refractivity contribution is 6.01. The van der Waals surface area contributed by atoms with Crippen LogP contribution < -0.4 is 5.32 Å². The van der Waals surface area contributed by atoms with Gasteiger partial charge in [0.25, 0.3) is 5.91 Å². The van der Waals surface area contributed by atoms with E-state index in [1.807, 2.05) is 0 Å². The van der Waals surface area contributed by atoms with Gasteiger partial charge in [0.2, 0.25) is 11.8 Å². The minimum absolute atomic E-state index is 0.0170. The average Bonchev–Trinajstić information content (AvgIpc) is 3.17. The lowest BCUT2D eigenvalue weighted by Crippen LogP contribution is -2.33. The fourth-order valence-electron chi connectivity index (χ4n) is 3.45. The minimum Gasteiger partial charge on any atom is -0.352 e. The van der Waals surface area contributed by atoms with E-state index in [1.165, 1.54) is 4.90 Å². The molecule has 1 fully saturated rings. The number of nitrogens with one attached hydrogen (secondary N) is 1. The third kappa shape index (κ3) is 4.53. The second-order valence-electron chi connectivity index (χ2n) is 7.18. The fraction of sp³-hybridized carbons (Fsp3) is 0.400. The highest BCUT2D eigenvalue weighted by Crippen LogP contribution is 2.22. The van der Waals surface area contributed by atoms with Crippen LogP contribution in [0.15, 0.2) is 24.3 Å². The summed E-state index contributed by atoms with van der Waals surface area (Å²) in [5, 5.41) is 18.1. The number of nitro groups is 1. The molecule has 1 saturated heterocycles. The van der Waals surface area contributed by atoms with Crippen LogP contribution in [-0.4, -0.2) is 50.4 Å². The van der Waals surface area contributed by atoms with Gasteiger partial charge in [-0.05, 0) is 38.0 Å². The van der Waals surface area contributed by atoms with Crippen molar-refractivity contribution in [2.24, 2.45) is 0 Å². The molecule has 3 amide bonds. The zero-order valence-corrected chi connectivity index (χ0v) is 16.9. The van der Waals surface area contributed by atoms with Crippen molar-refractivity contribution in [2.75, 3.05) is 13.1 Å².